The Morgan fingerprint density at radius 1 is 1.33 bits per heavy atom. The third-order valence-electron chi connectivity index (χ3n) is 3.32. The lowest BCUT2D eigenvalue weighted by atomic mass is 10.1. The number of ether oxygens (including phenoxy) is 2. The van der Waals surface area contributed by atoms with Crippen molar-refractivity contribution in [3.63, 3.8) is 0 Å². The quantitative estimate of drug-likeness (QED) is 0.830. The van der Waals surface area contributed by atoms with Gasteiger partial charge in [0.1, 0.15) is 5.78 Å². The van der Waals surface area contributed by atoms with Gasteiger partial charge in [-0.3, -0.25) is 9.59 Å². The van der Waals surface area contributed by atoms with Gasteiger partial charge in [-0.25, -0.2) is 0 Å². The van der Waals surface area contributed by atoms with Gasteiger partial charge in [-0.1, -0.05) is 0 Å². The van der Waals surface area contributed by atoms with Crippen LogP contribution in [0.3, 0.4) is 0 Å². The number of hydrogen-bond acceptors (Lipinski definition) is 5. The van der Waals surface area contributed by atoms with Crippen molar-refractivity contribution >= 4 is 11.7 Å². The fourth-order valence-corrected chi connectivity index (χ4v) is 2.09. The van der Waals surface area contributed by atoms with E-state index in [-0.39, 0.29) is 18.3 Å². The summed E-state index contributed by atoms with van der Waals surface area (Å²) in [4.78, 5) is 24.8. The summed E-state index contributed by atoms with van der Waals surface area (Å²) in [5.74, 6) is 0.858. The molecule has 1 amide bonds. The van der Waals surface area contributed by atoms with Crippen LogP contribution >= 0.6 is 0 Å². The van der Waals surface area contributed by atoms with Gasteiger partial charge in [0.15, 0.2) is 18.1 Å². The van der Waals surface area contributed by atoms with Crippen molar-refractivity contribution in [1.82, 2.24) is 4.90 Å². The molecule has 0 radical (unpaired) electrons. The minimum absolute atomic E-state index is 0.115. The van der Waals surface area contributed by atoms with Gasteiger partial charge in [0.2, 0.25) is 0 Å². The fraction of sp³-hybridized carbons (Fsp3) is 0.400. The number of methoxy groups -OCH3 is 1. The third-order valence-corrected chi connectivity index (χ3v) is 3.32. The Kier molecular flexibility index (Phi) is 4.77. The monoisotopic (exact) mass is 288 g/mol. The number of rotatable bonds is 4. The minimum Gasteiger partial charge on any atom is -0.493 e. The van der Waals surface area contributed by atoms with E-state index in [0.29, 0.717) is 43.0 Å². The largest absolute Gasteiger partial charge is 0.493 e. The molecule has 0 unspecified atom stereocenters. The Labute approximate surface area is 122 Å². The molecular weight excluding hydrogens is 272 g/mol. The van der Waals surface area contributed by atoms with Crippen LogP contribution in [0.4, 0.5) is 0 Å². The molecule has 1 aliphatic rings. The van der Waals surface area contributed by atoms with Crippen LogP contribution in [-0.2, 0) is 9.59 Å². The van der Waals surface area contributed by atoms with Crippen LogP contribution in [-0.4, -0.2) is 43.4 Å². The number of nitriles is 1. The lowest BCUT2D eigenvalue weighted by Crippen LogP contribution is -2.41. The first-order valence-electron chi connectivity index (χ1n) is 6.64. The molecule has 0 saturated carbocycles. The highest BCUT2D eigenvalue weighted by Crippen LogP contribution is 2.27. The summed E-state index contributed by atoms with van der Waals surface area (Å²) in [6, 6.07) is 6.76. The van der Waals surface area contributed by atoms with Crippen LogP contribution in [0, 0.1) is 11.3 Å². The molecule has 0 N–H and O–H groups in total. The maximum absolute atomic E-state index is 12.0. The standard InChI is InChI=1S/C15H16N2O4/c1-20-14-8-11(9-16)2-3-13(14)21-10-15(19)17-6-4-12(18)5-7-17/h2-3,8H,4-7,10H2,1H3. The summed E-state index contributed by atoms with van der Waals surface area (Å²) < 4.78 is 10.6. The molecule has 0 aromatic heterocycles. The van der Waals surface area contributed by atoms with Gasteiger partial charge in [0.25, 0.3) is 5.91 Å². The van der Waals surface area contributed by atoms with E-state index in [4.69, 9.17) is 14.7 Å². The molecule has 21 heavy (non-hydrogen) atoms. The van der Waals surface area contributed by atoms with Crippen LogP contribution < -0.4 is 9.47 Å². The number of carbonyl (C=O) groups is 2. The predicted octanol–water partition coefficient (Wildman–Crippen LogP) is 1.14. The van der Waals surface area contributed by atoms with Crippen molar-refractivity contribution in [2.24, 2.45) is 0 Å². The van der Waals surface area contributed by atoms with E-state index in [1.54, 1.807) is 23.1 Å². The van der Waals surface area contributed by atoms with Gasteiger partial charge >= 0.3 is 0 Å². The van der Waals surface area contributed by atoms with E-state index in [1.807, 2.05) is 6.07 Å². The summed E-state index contributed by atoms with van der Waals surface area (Å²) in [5, 5.41) is 8.82. The van der Waals surface area contributed by atoms with Crippen molar-refractivity contribution in [1.29, 1.82) is 5.26 Å². The number of carbonyl (C=O) groups excluding carboxylic acids is 2. The van der Waals surface area contributed by atoms with Crippen molar-refractivity contribution in [3.8, 4) is 17.6 Å². The zero-order chi connectivity index (χ0) is 15.2. The molecule has 6 nitrogen and oxygen atoms in total. The first-order chi connectivity index (χ1) is 10.1. The fourth-order valence-electron chi connectivity index (χ4n) is 2.09. The second-order valence-corrected chi connectivity index (χ2v) is 4.69. The minimum atomic E-state index is -0.158. The van der Waals surface area contributed by atoms with Crippen LogP contribution in [0.1, 0.15) is 18.4 Å². The van der Waals surface area contributed by atoms with Crippen molar-refractivity contribution in [2.75, 3.05) is 26.8 Å². The van der Waals surface area contributed by atoms with Crippen molar-refractivity contribution < 1.29 is 19.1 Å². The highest BCUT2D eigenvalue weighted by molar-refractivity contribution is 5.84. The maximum Gasteiger partial charge on any atom is 0.260 e. The Balaban J connectivity index is 1.95. The first kappa shape index (κ1) is 14.9. The summed E-state index contributed by atoms with van der Waals surface area (Å²) in [6.45, 7) is 0.785. The SMILES string of the molecule is COc1cc(C#N)ccc1OCC(=O)N1CCC(=O)CC1. The molecule has 0 aliphatic carbocycles. The van der Waals surface area contributed by atoms with E-state index in [2.05, 4.69) is 0 Å². The first-order valence-corrected chi connectivity index (χ1v) is 6.64. The molecule has 110 valence electrons. The Hall–Kier alpha value is -2.55. The molecule has 0 bridgehead atoms. The lowest BCUT2D eigenvalue weighted by molar-refractivity contribution is -0.136. The van der Waals surface area contributed by atoms with Gasteiger partial charge in [-0.2, -0.15) is 5.26 Å². The van der Waals surface area contributed by atoms with Crippen LogP contribution in [0.5, 0.6) is 11.5 Å². The third kappa shape index (κ3) is 3.72. The average molecular weight is 288 g/mol. The van der Waals surface area contributed by atoms with Gasteiger partial charge in [-0.15, -0.1) is 0 Å². The molecule has 0 spiro atoms. The second kappa shape index (κ2) is 6.75. The molecule has 1 saturated heterocycles. The number of piperidine rings is 1. The Morgan fingerprint density at radius 3 is 2.67 bits per heavy atom. The molecule has 1 heterocycles. The summed E-state index contributed by atoms with van der Waals surface area (Å²) in [5.41, 5.74) is 0.458. The average Bonchev–Trinajstić information content (AvgIpc) is 2.53. The number of amides is 1. The van der Waals surface area contributed by atoms with Crippen LogP contribution in [0.25, 0.3) is 0 Å². The second-order valence-electron chi connectivity index (χ2n) is 4.69. The summed E-state index contributed by atoms with van der Waals surface area (Å²) >= 11 is 0. The number of hydrogen-bond donors (Lipinski definition) is 0. The lowest BCUT2D eigenvalue weighted by Gasteiger charge is -2.26. The van der Waals surface area contributed by atoms with Crippen molar-refractivity contribution in [2.45, 2.75) is 12.8 Å². The predicted molar refractivity (Wildman–Crippen MR) is 74.0 cm³/mol. The van der Waals surface area contributed by atoms with Crippen LogP contribution in [0.2, 0.25) is 0 Å². The van der Waals surface area contributed by atoms with Crippen molar-refractivity contribution in [3.05, 3.63) is 23.8 Å². The van der Waals surface area contributed by atoms with E-state index in [0.717, 1.165) is 0 Å². The van der Waals surface area contributed by atoms with Gasteiger partial charge in [0, 0.05) is 32.0 Å². The molecule has 1 aliphatic heterocycles. The number of likely N-dealkylation sites (tertiary alicyclic amines) is 1. The van der Waals surface area contributed by atoms with Crippen LogP contribution in [0.15, 0.2) is 18.2 Å². The van der Waals surface area contributed by atoms with E-state index < -0.39 is 0 Å². The highest BCUT2D eigenvalue weighted by atomic mass is 16.5. The molecule has 1 aromatic rings. The number of Topliss-reactive ketones (excluding diaryl/α,β-unsaturated/α-hetero) is 1. The topological polar surface area (TPSA) is 79.6 Å². The number of benzene rings is 1. The summed E-state index contributed by atoms with van der Waals surface area (Å²) in [6.07, 6.45) is 0.817. The smallest absolute Gasteiger partial charge is 0.260 e. The Morgan fingerprint density at radius 2 is 2.05 bits per heavy atom. The van der Waals surface area contributed by atoms with E-state index in [9.17, 15) is 9.59 Å². The number of nitrogens with zero attached hydrogens (tertiary/aromatic N) is 2. The van der Waals surface area contributed by atoms with E-state index in [1.165, 1.54) is 7.11 Å². The molecular formula is C15H16N2O4. The molecule has 0 atom stereocenters. The zero-order valence-corrected chi connectivity index (χ0v) is 11.8. The molecule has 6 heteroatoms. The van der Waals surface area contributed by atoms with E-state index >= 15 is 0 Å². The molecule has 1 aromatic carbocycles. The highest BCUT2D eigenvalue weighted by Gasteiger charge is 2.21. The van der Waals surface area contributed by atoms with Gasteiger partial charge < -0.3 is 14.4 Å². The Bertz CT molecular complexity index is 582. The van der Waals surface area contributed by atoms with Gasteiger partial charge in [0.05, 0.1) is 18.7 Å². The molecule has 1 fully saturated rings. The number of ketones is 1. The van der Waals surface area contributed by atoms with Gasteiger partial charge in [-0.05, 0) is 12.1 Å². The maximum atomic E-state index is 12.0. The normalized spacial score (nSPS) is 14.5. The molecule has 2 rings (SSSR count). The zero-order valence-electron chi connectivity index (χ0n) is 11.8. The summed E-state index contributed by atoms with van der Waals surface area (Å²) in [7, 11) is 1.47.